The van der Waals surface area contributed by atoms with Crippen molar-refractivity contribution in [2.45, 2.75) is 0 Å². The van der Waals surface area contributed by atoms with Crippen LogP contribution in [0.1, 0.15) is 5.56 Å². The van der Waals surface area contributed by atoms with Crippen LogP contribution in [0.2, 0.25) is 0 Å². The number of ether oxygens (including phenoxy) is 1. The summed E-state index contributed by atoms with van der Waals surface area (Å²) >= 11 is 0. The van der Waals surface area contributed by atoms with Crippen molar-refractivity contribution < 1.29 is 4.74 Å². The van der Waals surface area contributed by atoms with E-state index in [0.29, 0.717) is 22.7 Å². The molecule has 16 heavy (non-hydrogen) atoms. The molecule has 0 amide bonds. The molecule has 0 bridgehead atoms. The highest BCUT2D eigenvalue weighted by Gasteiger charge is 2.01. The number of nitrogens with zero attached hydrogens (tertiary/aromatic N) is 2. The van der Waals surface area contributed by atoms with Crippen molar-refractivity contribution in [3.05, 3.63) is 48.3 Å². The minimum Gasteiger partial charge on any atom is -0.455 e. The zero-order chi connectivity index (χ0) is 11.4. The summed E-state index contributed by atoms with van der Waals surface area (Å²) in [5, 5.41) is 8.74. The average molecular weight is 211 g/mol. The highest BCUT2D eigenvalue weighted by molar-refractivity contribution is 5.52. The first kappa shape index (κ1) is 9.99. The Morgan fingerprint density at radius 1 is 1.31 bits per heavy atom. The van der Waals surface area contributed by atoms with Gasteiger partial charge in [-0.05, 0) is 18.2 Å². The van der Waals surface area contributed by atoms with E-state index in [4.69, 9.17) is 15.7 Å². The third-order valence-electron chi connectivity index (χ3n) is 2.00. The van der Waals surface area contributed by atoms with E-state index in [0.717, 1.165) is 0 Å². The SMILES string of the molecule is N#Cc1cccc(Oc2ccncc2N)c1. The van der Waals surface area contributed by atoms with Gasteiger partial charge in [0.05, 0.1) is 23.5 Å². The number of rotatable bonds is 2. The van der Waals surface area contributed by atoms with Crippen molar-refractivity contribution in [2.24, 2.45) is 0 Å². The zero-order valence-corrected chi connectivity index (χ0v) is 8.42. The molecule has 78 valence electrons. The molecule has 0 radical (unpaired) electrons. The molecule has 2 N–H and O–H groups in total. The maximum Gasteiger partial charge on any atom is 0.153 e. The van der Waals surface area contributed by atoms with E-state index in [-0.39, 0.29) is 0 Å². The van der Waals surface area contributed by atoms with Crippen LogP contribution in [0.25, 0.3) is 0 Å². The minimum absolute atomic E-state index is 0.463. The van der Waals surface area contributed by atoms with Gasteiger partial charge in [0, 0.05) is 12.3 Å². The molecule has 0 atom stereocenters. The van der Waals surface area contributed by atoms with E-state index in [1.807, 2.05) is 6.07 Å². The Morgan fingerprint density at radius 2 is 2.19 bits per heavy atom. The molecular weight excluding hydrogens is 202 g/mol. The van der Waals surface area contributed by atoms with Crippen molar-refractivity contribution in [1.82, 2.24) is 4.98 Å². The topological polar surface area (TPSA) is 71.9 Å². The first-order chi connectivity index (χ1) is 7.79. The molecule has 1 aromatic carbocycles. The lowest BCUT2D eigenvalue weighted by Gasteiger charge is -2.07. The van der Waals surface area contributed by atoms with Crippen LogP contribution in [0, 0.1) is 11.3 Å². The fraction of sp³-hybridized carbons (Fsp3) is 0. The number of anilines is 1. The Bertz CT molecular complexity index is 546. The predicted molar refractivity (Wildman–Crippen MR) is 59.9 cm³/mol. The van der Waals surface area contributed by atoms with E-state index in [9.17, 15) is 0 Å². The number of hydrogen-bond donors (Lipinski definition) is 1. The molecule has 0 saturated heterocycles. The maximum atomic E-state index is 8.74. The van der Waals surface area contributed by atoms with Crippen molar-refractivity contribution in [1.29, 1.82) is 5.26 Å². The number of aromatic nitrogens is 1. The predicted octanol–water partition coefficient (Wildman–Crippen LogP) is 2.33. The molecule has 0 aliphatic heterocycles. The summed E-state index contributed by atoms with van der Waals surface area (Å²) in [5.74, 6) is 1.11. The van der Waals surface area contributed by atoms with E-state index < -0.39 is 0 Å². The number of nitrogens with two attached hydrogens (primary N) is 1. The van der Waals surface area contributed by atoms with Gasteiger partial charge in [-0.1, -0.05) is 6.07 Å². The Morgan fingerprint density at radius 3 is 2.94 bits per heavy atom. The first-order valence-corrected chi connectivity index (χ1v) is 4.67. The number of nitrogen functional groups attached to an aromatic ring is 1. The van der Waals surface area contributed by atoms with Crippen LogP contribution in [0.3, 0.4) is 0 Å². The summed E-state index contributed by atoms with van der Waals surface area (Å²) < 4.78 is 5.54. The van der Waals surface area contributed by atoms with E-state index in [1.54, 1.807) is 36.5 Å². The zero-order valence-electron chi connectivity index (χ0n) is 8.42. The third-order valence-corrected chi connectivity index (χ3v) is 2.00. The molecule has 0 fully saturated rings. The van der Waals surface area contributed by atoms with Gasteiger partial charge in [0.25, 0.3) is 0 Å². The summed E-state index contributed by atoms with van der Waals surface area (Å²) in [6.45, 7) is 0. The fourth-order valence-electron chi connectivity index (χ4n) is 1.24. The monoisotopic (exact) mass is 211 g/mol. The quantitative estimate of drug-likeness (QED) is 0.827. The molecule has 1 aromatic heterocycles. The maximum absolute atomic E-state index is 8.74. The highest BCUT2D eigenvalue weighted by atomic mass is 16.5. The van der Waals surface area contributed by atoms with Crippen LogP contribution in [0.4, 0.5) is 5.69 Å². The van der Waals surface area contributed by atoms with Crippen molar-refractivity contribution in [3.63, 3.8) is 0 Å². The second-order valence-corrected chi connectivity index (χ2v) is 3.16. The second-order valence-electron chi connectivity index (χ2n) is 3.16. The van der Waals surface area contributed by atoms with Gasteiger partial charge in [0.1, 0.15) is 5.75 Å². The molecule has 4 heteroatoms. The van der Waals surface area contributed by atoms with E-state index in [1.165, 1.54) is 6.20 Å². The Hall–Kier alpha value is -2.54. The van der Waals surface area contributed by atoms with Gasteiger partial charge >= 0.3 is 0 Å². The van der Waals surface area contributed by atoms with Crippen molar-refractivity contribution in [3.8, 4) is 17.6 Å². The normalized spacial score (nSPS) is 9.44. The standard InChI is InChI=1S/C12H9N3O/c13-7-9-2-1-3-10(6-9)16-12-4-5-15-8-11(12)14/h1-6,8H,14H2. The van der Waals surface area contributed by atoms with Crippen LogP contribution < -0.4 is 10.5 Å². The average Bonchev–Trinajstić information content (AvgIpc) is 2.32. The van der Waals surface area contributed by atoms with Crippen molar-refractivity contribution in [2.75, 3.05) is 5.73 Å². The molecule has 1 heterocycles. The molecule has 4 nitrogen and oxygen atoms in total. The van der Waals surface area contributed by atoms with Gasteiger partial charge in [-0.2, -0.15) is 5.26 Å². The first-order valence-electron chi connectivity index (χ1n) is 4.67. The lowest BCUT2D eigenvalue weighted by molar-refractivity contribution is 0.484. The Kier molecular flexibility index (Phi) is 2.70. The summed E-state index contributed by atoms with van der Waals surface area (Å²) in [6, 6.07) is 10.6. The lowest BCUT2D eigenvalue weighted by atomic mass is 10.2. The van der Waals surface area contributed by atoms with Gasteiger partial charge in [-0.25, -0.2) is 0 Å². The Balaban J connectivity index is 2.28. The molecular formula is C12H9N3O. The number of benzene rings is 1. The van der Waals surface area contributed by atoms with Gasteiger partial charge in [-0.3, -0.25) is 4.98 Å². The van der Waals surface area contributed by atoms with Crippen LogP contribution in [0.5, 0.6) is 11.5 Å². The van der Waals surface area contributed by atoms with Crippen molar-refractivity contribution >= 4 is 5.69 Å². The Labute approximate surface area is 92.9 Å². The molecule has 0 aliphatic rings. The number of pyridine rings is 1. The smallest absolute Gasteiger partial charge is 0.153 e. The second kappa shape index (κ2) is 4.32. The largest absolute Gasteiger partial charge is 0.455 e. The molecule has 2 aromatic rings. The molecule has 0 saturated carbocycles. The van der Waals surface area contributed by atoms with Gasteiger partial charge in [0.15, 0.2) is 5.75 Å². The minimum atomic E-state index is 0.463. The summed E-state index contributed by atoms with van der Waals surface area (Å²) in [4.78, 5) is 3.86. The van der Waals surface area contributed by atoms with Gasteiger partial charge < -0.3 is 10.5 Å². The molecule has 2 rings (SSSR count). The van der Waals surface area contributed by atoms with Crippen LogP contribution in [-0.4, -0.2) is 4.98 Å². The lowest BCUT2D eigenvalue weighted by Crippen LogP contribution is -1.92. The highest BCUT2D eigenvalue weighted by Crippen LogP contribution is 2.26. The summed E-state index contributed by atoms with van der Waals surface area (Å²) in [6.07, 6.45) is 3.11. The number of nitriles is 1. The molecule has 0 unspecified atom stereocenters. The number of hydrogen-bond acceptors (Lipinski definition) is 4. The fourth-order valence-corrected chi connectivity index (χ4v) is 1.24. The van der Waals surface area contributed by atoms with E-state index >= 15 is 0 Å². The van der Waals surface area contributed by atoms with Crippen LogP contribution in [0.15, 0.2) is 42.7 Å². The van der Waals surface area contributed by atoms with Gasteiger partial charge in [0.2, 0.25) is 0 Å². The van der Waals surface area contributed by atoms with Gasteiger partial charge in [-0.15, -0.1) is 0 Å². The summed E-state index contributed by atoms with van der Waals surface area (Å²) in [5.41, 5.74) is 6.70. The molecule has 0 aliphatic carbocycles. The molecule has 0 spiro atoms. The third kappa shape index (κ3) is 2.10. The van der Waals surface area contributed by atoms with Crippen LogP contribution in [-0.2, 0) is 0 Å². The van der Waals surface area contributed by atoms with E-state index in [2.05, 4.69) is 4.98 Å². The summed E-state index contributed by atoms with van der Waals surface area (Å²) in [7, 11) is 0. The van der Waals surface area contributed by atoms with Crippen LogP contribution >= 0.6 is 0 Å².